The van der Waals surface area contributed by atoms with E-state index in [2.05, 4.69) is 25.7 Å². The fraction of sp³-hybridized carbons (Fsp3) is 0.889. The highest BCUT2D eigenvalue weighted by Crippen LogP contribution is 2.43. The van der Waals surface area contributed by atoms with Gasteiger partial charge >= 0.3 is 5.97 Å². The van der Waals surface area contributed by atoms with Gasteiger partial charge in [0.1, 0.15) is 0 Å². The Hall–Kier alpha value is -0.620. The second-order valence-electron chi connectivity index (χ2n) is 7.69. The molecule has 3 heterocycles. The van der Waals surface area contributed by atoms with Gasteiger partial charge in [-0.3, -0.25) is 14.5 Å². The number of nitrogens with zero attached hydrogens (tertiary/aromatic N) is 2. The lowest BCUT2D eigenvalue weighted by atomic mass is 9.69. The van der Waals surface area contributed by atoms with E-state index in [1.54, 1.807) is 0 Å². The molecule has 24 heavy (non-hydrogen) atoms. The summed E-state index contributed by atoms with van der Waals surface area (Å²) in [6, 6.07) is 0.816. The number of piperidine rings is 3. The number of carbonyl (C=O) groups excluding carboxylic acids is 1. The van der Waals surface area contributed by atoms with Crippen LogP contribution in [0.3, 0.4) is 0 Å². The van der Waals surface area contributed by atoms with E-state index in [0.29, 0.717) is 24.3 Å². The summed E-state index contributed by atoms with van der Waals surface area (Å²) in [5, 5.41) is 8.97. The number of alkyl halides is 1. The molecule has 0 bridgehead atoms. The Morgan fingerprint density at radius 2 is 1.96 bits per heavy atom. The van der Waals surface area contributed by atoms with Gasteiger partial charge in [0.15, 0.2) is 0 Å². The zero-order chi connectivity index (χ0) is 17.3. The number of likely N-dealkylation sites (tertiary alicyclic amines) is 1. The summed E-state index contributed by atoms with van der Waals surface area (Å²) in [5.41, 5.74) is 0. The molecule has 1 amide bonds. The van der Waals surface area contributed by atoms with Crippen LogP contribution in [0.4, 0.5) is 0 Å². The highest BCUT2D eigenvalue weighted by molar-refractivity contribution is 9.10. The largest absolute Gasteiger partial charge is 0.481 e. The first-order valence-corrected chi connectivity index (χ1v) is 10.3. The maximum absolute atomic E-state index is 12.8. The molecule has 0 saturated carbocycles. The van der Waals surface area contributed by atoms with Crippen molar-refractivity contribution < 1.29 is 14.7 Å². The molecule has 0 aliphatic carbocycles. The number of aliphatic carboxylic acids is 1. The van der Waals surface area contributed by atoms with Crippen LogP contribution in [-0.4, -0.2) is 63.3 Å². The average Bonchev–Trinajstić information content (AvgIpc) is 2.55. The molecule has 5 nitrogen and oxygen atoms in total. The Morgan fingerprint density at radius 1 is 1.25 bits per heavy atom. The highest BCUT2D eigenvalue weighted by atomic mass is 79.9. The molecule has 0 aromatic rings. The molecule has 3 fully saturated rings. The van der Waals surface area contributed by atoms with Gasteiger partial charge in [0.05, 0.1) is 4.83 Å². The summed E-state index contributed by atoms with van der Waals surface area (Å²) >= 11 is 3.45. The normalized spacial score (nSPS) is 34.5. The van der Waals surface area contributed by atoms with Gasteiger partial charge in [0, 0.05) is 25.0 Å². The smallest absolute Gasteiger partial charge is 0.303 e. The van der Waals surface area contributed by atoms with E-state index in [4.69, 9.17) is 5.11 Å². The van der Waals surface area contributed by atoms with Crippen molar-refractivity contribution in [1.82, 2.24) is 9.80 Å². The van der Waals surface area contributed by atoms with Crippen molar-refractivity contribution in [2.45, 2.75) is 68.8 Å². The number of hydrogen-bond acceptors (Lipinski definition) is 3. The summed E-state index contributed by atoms with van der Waals surface area (Å²) < 4.78 is 0. The third-order valence-corrected chi connectivity index (χ3v) is 6.58. The van der Waals surface area contributed by atoms with Crippen molar-refractivity contribution in [3.05, 3.63) is 0 Å². The number of carbonyl (C=O) groups is 2. The van der Waals surface area contributed by atoms with E-state index in [-0.39, 0.29) is 23.2 Å². The second kappa shape index (κ2) is 7.73. The Balaban J connectivity index is 1.81. The van der Waals surface area contributed by atoms with E-state index in [9.17, 15) is 9.59 Å². The fourth-order valence-electron chi connectivity index (χ4n) is 5.31. The number of rotatable bonds is 5. The van der Waals surface area contributed by atoms with Crippen molar-refractivity contribution in [3.8, 4) is 0 Å². The lowest BCUT2D eigenvalue weighted by Gasteiger charge is -2.57. The predicted octanol–water partition coefficient (Wildman–Crippen LogP) is 2.73. The predicted molar refractivity (Wildman–Crippen MR) is 96.2 cm³/mol. The fourth-order valence-corrected chi connectivity index (χ4v) is 5.57. The summed E-state index contributed by atoms with van der Waals surface area (Å²) in [5.74, 6) is 0.548. The molecule has 6 heteroatoms. The molecule has 0 radical (unpaired) electrons. The van der Waals surface area contributed by atoms with E-state index < -0.39 is 5.97 Å². The minimum Gasteiger partial charge on any atom is -0.481 e. The van der Waals surface area contributed by atoms with Gasteiger partial charge in [-0.1, -0.05) is 15.9 Å². The van der Waals surface area contributed by atoms with Crippen molar-refractivity contribution in [1.29, 1.82) is 0 Å². The van der Waals surface area contributed by atoms with Gasteiger partial charge in [0.25, 0.3) is 0 Å². The van der Waals surface area contributed by atoms with E-state index in [0.717, 1.165) is 13.0 Å². The quantitative estimate of drug-likeness (QED) is 0.720. The van der Waals surface area contributed by atoms with Crippen LogP contribution in [0.25, 0.3) is 0 Å². The SMILES string of the molecule is CC(Br)C(=O)N1C[C@@H]2CCCN3CCC[C@@H]([C@H]23)[C@@H]1CCCC(=O)O. The van der Waals surface area contributed by atoms with Crippen molar-refractivity contribution in [3.63, 3.8) is 0 Å². The molecule has 0 aromatic carbocycles. The van der Waals surface area contributed by atoms with Gasteiger partial charge in [0.2, 0.25) is 5.91 Å². The molecule has 3 rings (SSSR count). The van der Waals surface area contributed by atoms with Crippen LogP contribution in [-0.2, 0) is 9.59 Å². The summed E-state index contributed by atoms with van der Waals surface area (Å²) in [6.07, 6.45) is 6.52. The minimum atomic E-state index is -0.738. The Morgan fingerprint density at radius 3 is 2.62 bits per heavy atom. The van der Waals surface area contributed by atoms with Gasteiger partial charge in [-0.15, -0.1) is 0 Å². The highest BCUT2D eigenvalue weighted by Gasteiger charge is 2.49. The summed E-state index contributed by atoms with van der Waals surface area (Å²) in [7, 11) is 0. The Bertz CT molecular complexity index is 483. The first kappa shape index (κ1) is 18.2. The van der Waals surface area contributed by atoms with Crippen molar-refractivity contribution in [2.75, 3.05) is 19.6 Å². The maximum atomic E-state index is 12.8. The number of hydrogen-bond donors (Lipinski definition) is 1. The number of halogens is 1. The zero-order valence-electron chi connectivity index (χ0n) is 14.5. The molecule has 0 spiro atoms. The Kier molecular flexibility index (Phi) is 5.85. The van der Waals surface area contributed by atoms with Crippen molar-refractivity contribution >= 4 is 27.8 Å². The molecule has 3 aliphatic heterocycles. The topological polar surface area (TPSA) is 60.9 Å². The van der Waals surface area contributed by atoms with Crippen LogP contribution in [0, 0.1) is 11.8 Å². The number of carboxylic acids is 1. The summed E-state index contributed by atoms with van der Waals surface area (Å²) in [6.45, 7) is 5.14. The van der Waals surface area contributed by atoms with Crippen molar-refractivity contribution in [2.24, 2.45) is 11.8 Å². The monoisotopic (exact) mass is 400 g/mol. The van der Waals surface area contributed by atoms with Crippen LogP contribution < -0.4 is 0 Å². The van der Waals surface area contributed by atoms with E-state index in [1.165, 1.54) is 38.8 Å². The van der Waals surface area contributed by atoms with E-state index >= 15 is 0 Å². The molecule has 3 saturated heterocycles. The molecular formula is C18H29BrN2O3. The van der Waals surface area contributed by atoms with E-state index in [1.807, 2.05) is 6.92 Å². The van der Waals surface area contributed by atoms with Crippen LogP contribution in [0.15, 0.2) is 0 Å². The Labute approximate surface area is 152 Å². The van der Waals surface area contributed by atoms with Gasteiger partial charge in [-0.05, 0) is 70.4 Å². The van der Waals surface area contributed by atoms with Crippen LogP contribution >= 0.6 is 15.9 Å². The van der Waals surface area contributed by atoms with Crippen LogP contribution in [0.1, 0.15) is 51.9 Å². The lowest BCUT2D eigenvalue weighted by molar-refractivity contribution is -0.145. The number of amides is 1. The average molecular weight is 401 g/mol. The molecule has 1 N–H and O–H groups in total. The molecule has 136 valence electrons. The first-order valence-electron chi connectivity index (χ1n) is 9.39. The third kappa shape index (κ3) is 3.64. The van der Waals surface area contributed by atoms with Crippen LogP contribution in [0.5, 0.6) is 0 Å². The number of carboxylic acid groups (broad SMARTS) is 1. The van der Waals surface area contributed by atoms with Gasteiger partial charge in [-0.25, -0.2) is 0 Å². The molecule has 3 aliphatic rings. The zero-order valence-corrected chi connectivity index (χ0v) is 16.1. The molecule has 1 unspecified atom stereocenters. The maximum Gasteiger partial charge on any atom is 0.303 e. The molecule has 0 aromatic heterocycles. The second-order valence-corrected chi connectivity index (χ2v) is 9.07. The minimum absolute atomic E-state index is 0.167. The summed E-state index contributed by atoms with van der Waals surface area (Å²) in [4.78, 5) is 28.3. The first-order chi connectivity index (χ1) is 11.5. The molecule has 5 atom stereocenters. The standard InChI is InChI=1S/C18H29BrN2O3/c1-12(19)18(24)21-11-13-5-3-9-20-10-4-6-14(17(13)20)15(21)7-2-8-16(22)23/h12-15,17H,2-11H2,1H3,(H,22,23)/t12?,13-,14+,15-,17-/m0/s1. The van der Waals surface area contributed by atoms with Gasteiger partial charge < -0.3 is 10.0 Å². The lowest BCUT2D eigenvalue weighted by Crippen LogP contribution is -2.66. The third-order valence-electron chi connectivity index (χ3n) is 6.19. The van der Waals surface area contributed by atoms with Crippen LogP contribution in [0.2, 0.25) is 0 Å². The van der Waals surface area contributed by atoms with Gasteiger partial charge in [-0.2, -0.15) is 0 Å². The molecular weight excluding hydrogens is 372 g/mol.